The lowest BCUT2D eigenvalue weighted by atomic mass is 9.94. The predicted octanol–water partition coefficient (Wildman–Crippen LogP) is 3.55. The Hall–Kier alpha value is -2.37. The summed E-state index contributed by atoms with van der Waals surface area (Å²) in [6.45, 7) is 12.1. The van der Waals surface area contributed by atoms with E-state index < -0.39 is 35.0 Å². The van der Waals surface area contributed by atoms with Gasteiger partial charge in [-0.1, -0.05) is 12.1 Å². The van der Waals surface area contributed by atoms with Crippen molar-refractivity contribution in [3.63, 3.8) is 0 Å². The fourth-order valence-electron chi connectivity index (χ4n) is 2.30. The highest BCUT2D eigenvalue weighted by atomic mass is 16.6. The molecule has 0 saturated carbocycles. The summed E-state index contributed by atoms with van der Waals surface area (Å²) in [5.41, 5.74) is -0.148. The highest BCUT2D eigenvalue weighted by Gasteiger charge is 2.36. The standard InChI is InChI=1S/C20H28O6/c1-12-11-13(9-10-14(12)16(21)24-8)15(17(22)25-19(2,3)4)18(23)26-20(5,6)7/h9-11,15H,1-8H3. The number of benzene rings is 1. The average molecular weight is 364 g/mol. The van der Waals surface area contributed by atoms with Crippen molar-refractivity contribution in [2.24, 2.45) is 0 Å². The molecule has 1 aromatic rings. The van der Waals surface area contributed by atoms with Gasteiger partial charge in [-0.2, -0.15) is 0 Å². The van der Waals surface area contributed by atoms with Gasteiger partial charge in [-0.05, 0) is 65.7 Å². The van der Waals surface area contributed by atoms with E-state index in [0.29, 0.717) is 16.7 Å². The molecule has 0 aliphatic carbocycles. The third-order valence-electron chi connectivity index (χ3n) is 3.27. The first-order valence-corrected chi connectivity index (χ1v) is 8.40. The number of hydrogen-bond acceptors (Lipinski definition) is 6. The van der Waals surface area contributed by atoms with Gasteiger partial charge in [0.05, 0.1) is 12.7 Å². The summed E-state index contributed by atoms with van der Waals surface area (Å²) in [7, 11) is 1.29. The first-order valence-electron chi connectivity index (χ1n) is 8.40. The molecule has 0 aliphatic heterocycles. The van der Waals surface area contributed by atoms with Crippen LogP contribution < -0.4 is 0 Å². The Bertz CT molecular complexity index is 663. The van der Waals surface area contributed by atoms with Crippen LogP contribution in [0.2, 0.25) is 0 Å². The van der Waals surface area contributed by atoms with Crippen LogP contribution in [-0.2, 0) is 23.8 Å². The molecular weight excluding hydrogens is 336 g/mol. The number of methoxy groups -OCH3 is 1. The molecule has 0 bridgehead atoms. The molecule has 6 heteroatoms. The highest BCUT2D eigenvalue weighted by molar-refractivity contribution is 6.01. The fraction of sp³-hybridized carbons (Fsp3) is 0.550. The minimum atomic E-state index is -1.24. The first-order chi connectivity index (χ1) is 11.7. The molecular formula is C20H28O6. The van der Waals surface area contributed by atoms with Crippen molar-refractivity contribution in [3.8, 4) is 0 Å². The van der Waals surface area contributed by atoms with Gasteiger partial charge < -0.3 is 14.2 Å². The fourth-order valence-corrected chi connectivity index (χ4v) is 2.30. The molecule has 0 fully saturated rings. The zero-order chi connectivity index (χ0) is 20.3. The van der Waals surface area contributed by atoms with E-state index in [2.05, 4.69) is 0 Å². The highest BCUT2D eigenvalue weighted by Crippen LogP contribution is 2.26. The van der Waals surface area contributed by atoms with Crippen molar-refractivity contribution in [1.82, 2.24) is 0 Å². The maximum atomic E-state index is 12.7. The molecule has 1 aromatic carbocycles. The molecule has 0 heterocycles. The summed E-state index contributed by atoms with van der Waals surface area (Å²) in [5, 5.41) is 0. The molecule has 26 heavy (non-hydrogen) atoms. The van der Waals surface area contributed by atoms with Crippen LogP contribution in [-0.4, -0.2) is 36.2 Å². The second-order valence-electron chi connectivity index (χ2n) is 8.07. The lowest BCUT2D eigenvalue weighted by molar-refractivity contribution is -0.169. The third-order valence-corrected chi connectivity index (χ3v) is 3.27. The van der Waals surface area contributed by atoms with Gasteiger partial charge in [0.15, 0.2) is 5.92 Å². The van der Waals surface area contributed by atoms with Crippen LogP contribution in [0, 0.1) is 6.92 Å². The molecule has 0 spiro atoms. The molecule has 0 saturated heterocycles. The van der Waals surface area contributed by atoms with E-state index in [-0.39, 0.29) is 0 Å². The van der Waals surface area contributed by atoms with Crippen molar-refractivity contribution < 1.29 is 28.6 Å². The van der Waals surface area contributed by atoms with E-state index in [1.807, 2.05) is 0 Å². The predicted molar refractivity (Wildman–Crippen MR) is 96.9 cm³/mol. The maximum absolute atomic E-state index is 12.7. The smallest absolute Gasteiger partial charge is 0.338 e. The molecule has 1 rings (SSSR count). The van der Waals surface area contributed by atoms with E-state index >= 15 is 0 Å². The molecule has 0 aliphatic rings. The summed E-state index contributed by atoms with van der Waals surface area (Å²) >= 11 is 0. The Balaban J connectivity index is 3.32. The van der Waals surface area contributed by atoms with Gasteiger partial charge in [0, 0.05) is 0 Å². The lowest BCUT2D eigenvalue weighted by Crippen LogP contribution is -2.35. The van der Waals surface area contributed by atoms with Crippen molar-refractivity contribution in [3.05, 3.63) is 34.9 Å². The molecule has 0 atom stereocenters. The first kappa shape index (κ1) is 21.7. The van der Waals surface area contributed by atoms with Gasteiger partial charge in [-0.3, -0.25) is 9.59 Å². The summed E-state index contributed by atoms with van der Waals surface area (Å²) in [5.74, 6) is -3.12. The number of hydrogen-bond donors (Lipinski definition) is 0. The van der Waals surface area contributed by atoms with Crippen LogP contribution >= 0.6 is 0 Å². The number of carbonyl (C=O) groups is 3. The summed E-state index contributed by atoms with van der Waals surface area (Å²) in [6.07, 6.45) is 0. The van der Waals surface area contributed by atoms with Crippen LogP contribution in [0.4, 0.5) is 0 Å². The van der Waals surface area contributed by atoms with E-state index in [1.54, 1.807) is 54.5 Å². The van der Waals surface area contributed by atoms with Crippen LogP contribution in [0.15, 0.2) is 18.2 Å². The largest absolute Gasteiger partial charge is 0.465 e. The van der Waals surface area contributed by atoms with E-state index in [9.17, 15) is 14.4 Å². The number of carbonyl (C=O) groups excluding carboxylic acids is 3. The number of ether oxygens (including phenoxy) is 3. The number of rotatable bonds is 4. The normalized spacial score (nSPS) is 11.9. The summed E-state index contributed by atoms with van der Waals surface area (Å²) in [4.78, 5) is 37.1. The van der Waals surface area contributed by atoms with Crippen molar-refractivity contribution in [2.75, 3.05) is 7.11 Å². The number of aryl methyl sites for hydroxylation is 1. The van der Waals surface area contributed by atoms with Crippen molar-refractivity contribution in [2.45, 2.75) is 65.6 Å². The van der Waals surface area contributed by atoms with Crippen LogP contribution in [0.5, 0.6) is 0 Å². The van der Waals surface area contributed by atoms with E-state index in [1.165, 1.54) is 19.2 Å². The Morgan fingerprint density at radius 2 is 1.35 bits per heavy atom. The zero-order valence-electron chi connectivity index (χ0n) is 16.8. The third kappa shape index (κ3) is 6.17. The Morgan fingerprint density at radius 3 is 1.69 bits per heavy atom. The zero-order valence-corrected chi connectivity index (χ0v) is 16.8. The Morgan fingerprint density at radius 1 is 0.885 bits per heavy atom. The van der Waals surface area contributed by atoms with Gasteiger partial charge in [0.2, 0.25) is 0 Å². The Kier molecular flexibility index (Phi) is 6.58. The minimum Gasteiger partial charge on any atom is -0.465 e. The molecule has 0 unspecified atom stereocenters. The summed E-state index contributed by atoms with van der Waals surface area (Å²) in [6, 6.07) is 4.67. The summed E-state index contributed by atoms with van der Waals surface area (Å²) < 4.78 is 15.5. The van der Waals surface area contributed by atoms with E-state index in [4.69, 9.17) is 14.2 Å². The second-order valence-corrected chi connectivity index (χ2v) is 8.07. The van der Waals surface area contributed by atoms with E-state index in [0.717, 1.165) is 0 Å². The lowest BCUT2D eigenvalue weighted by Gasteiger charge is -2.26. The van der Waals surface area contributed by atoms with Gasteiger partial charge in [0.1, 0.15) is 11.2 Å². The molecule has 0 amide bonds. The van der Waals surface area contributed by atoms with Gasteiger partial charge in [-0.25, -0.2) is 4.79 Å². The van der Waals surface area contributed by atoms with Crippen molar-refractivity contribution >= 4 is 17.9 Å². The quantitative estimate of drug-likeness (QED) is 0.462. The van der Waals surface area contributed by atoms with Crippen molar-refractivity contribution in [1.29, 1.82) is 0 Å². The Labute approximate surface area is 154 Å². The van der Waals surface area contributed by atoms with Gasteiger partial charge in [-0.15, -0.1) is 0 Å². The average Bonchev–Trinajstić information content (AvgIpc) is 2.42. The van der Waals surface area contributed by atoms with Gasteiger partial charge >= 0.3 is 17.9 Å². The van der Waals surface area contributed by atoms with Crippen LogP contribution in [0.3, 0.4) is 0 Å². The van der Waals surface area contributed by atoms with Gasteiger partial charge in [0.25, 0.3) is 0 Å². The SMILES string of the molecule is COC(=O)c1ccc(C(C(=O)OC(C)(C)C)C(=O)OC(C)(C)C)cc1C. The van der Waals surface area contributed by atoms with Crippen LogP contribution in [0.1, 0.15) is 68.9 Å². The monoisotopic (exact) mass is 364 g/mol. The molecule has 0 aromatic heterocycles. The minimum absolute atomic E-state index is 0.364. The molecule has 0 radical (unpaired) electrons. The maximum Gasteiger partial charge on any atom is 0.338 e. The van der Waals surface area contributed by atoms with Crippen LogP contribution in [0.25, 0.3) is 0 Å². The molecule has 6 nitrogen and oxygen atoms in total. The topological polar surface area (TPSA) is 78.9 Å². The second kappa shape index (κ2) is 7.89. The molecule has 144 valence electrons. The molecule has 0 N–H and O–H groups in total. The number of esters is 3.